The maximum Gasteiger partial charge on any atom is 0.226 e. The Bertz CT molecular complexity index is 554. The van der Waals surface area contributed by atoms with Crippen LogP contribution in [0.25, 0.3) is 0 Å². The summed E-state index contributed by atoms with van der Waals surface area (Å²) in [7, 11) is 1.61. The van der Waals surface area contributed by atoms with Crippen molar-refractivity contribution in [3.8, 4) is 11.5 Å². The van der Waals surface area contributed by atoms with Crippen molar-refractivity contribution in [1.82, 2.24) is 10.1 Å². The Kier molecular flexibility index (Phi) is 4.95. The number of para-hydroxylation sites is 1. The molecule has 108 valence electrons. The number of benzene rings is 1. The minimum atomic E-state index is 0.238. The summed E-state index contributed by atoms with van der Waals surface area (Å²) in [6, 6.07) is 5.74. The predicted octanol–water partition coefficient (Wildman–Crippen LogP) is 1.72. The van der Waals surface area contributed by atoms with Crippen molar-refractivity contribution >= 4 is 0 Å². The van der Waals surface area contributed by atoms with Crippen LogP contribution >= 0.6 is 0 Å². The number of methoxy groups -OCH3 is 1. The van der Waals surface area contributed by atoms with Gasteiger partial charge in [0.1, 0.15) is 0 Å². The molecule has 0 unspecified atom stereocenters. The molecule has 0 radical (unpaired) electrons. The largest absolute Gasteiger partial charge is 0.493 e. The first-order valence-corrected chi connectivity index (χ1v) is 6.58. The monoisotopic (exact) mass is 277 g/mol. The fraction of sp³-hybridized carbons (Fsp3) is 0.429. The van der Waals surface area contributed by atoms with E-state index in [2.05, 4.69) is 10.1 Å². The van der Waals surface area contributed by atoms with Crippen LogP contribution < -0.4 is 15.2 Å². The lowest BCUT2D eigenvalue weighted by Crippen LogP contribution is -2.07. The first-order valence-electron chi connectivity index (χ1n) is 6.58. The predicted molar refractivity (Wildman–Crippen MR) is 73.8 cm³/mol. The molecule has 0 atom stereocenters. The Hall–Kier alpha value is -2.08. The molecule has 0 saturated carbocycles. The number of nitrogens with two attached hydrogens (primary N) is 1. The minimum absolute atomic E-state index is 0.238. The van der Waals surface area contributed by atoms with Crippen LogP contribution in [0.2, 0.25) is 0 Å². The number of hydrogen-bond acceptors (Lipinski definition) is 6. The summed E-state index contributed by atoms with van der Waals surface area (Å²) >= 11 is 0. The second-order valence-electron chi connectivity index (χ2n) is 4.23. The van der Waals surface area contributed by atoms with Crippen LogP contribution in [0, 0.1) is 0 Å². The molecule has 0 aliphatic heterocycles. The topological polar surface area (TPSA) is 83.4 Å². The highest BCUT2D eigenvalue weighted by molar-refractivity contribution is 5.46. The third-order valence-electron chi connectivity index (χ3n) is 2.85. The zero-order valence-electron chi connectivity index (χ0n) is 11.8. The van der Waals surface area contributed by atoms with E-state index in [1.165, 1.54) is 0 Å². The van der Waals surface area contributed by atoms with Gasteiger partial charge in [-0.05, 0) is 24.6 Å². The first kappa shape index (κ1) is 14.3. The molecule has 0 saturated heterocycles. The van der Waals surface area contributed by atoms with Crippen molar-refractivity contribution in [2.45, 2.75) is 26.4 Å². The van der Waals surface area contributed by atoms with Gasteiger partial charge >= 0.3 is 0 Å². The number of rotatable bonds is 7. The second-order valence-corrected chi connectivity index (χ2v) is 4.23. The number of aromatic nitrogens is 2. The van der Waals surface area contributed by atoms with Crippen molar-refractivity contribution in [1.29, 1.82) is 0 Å². The van der Waals surface area contributed by atoms with E-state index in [4.69, 9.17) is 19.7 Å². The molecule has 2 N–H and O–H groups in total. The molecule has 1 aromatic carbocycles. The maximum absolute atomic E-state index is 5.79. The van der Waals surface area contributed by atoms with Crippen LogP contribution in [0.1, 0.15) is 24.2 Å². The third kappa shape index (κ3) is 3.27. The average Bonchev–Trinajstić information content (AvgIpc) is 2.94. The highest BCUT2D eigenvalue weighted by atomic mass is 16.5. The molecule has 0 fully saturated rings. The minimum Gasteiger partial charge on any atom is -0.493 e. The van der Waals surface area contributed by atoms with E-state index >= 15 is 0 Å². The summed E-state index contributed by atoms with van der Waals surface area (Å²) < 4.78 is 16.2. The van der Waals surface area contributed by atoms with Crippen LogP contribution in [0.5, 0.6) is 11.5 Å². The molecule has 1 aromatic heterocycles. The van der Waals surface area contributed by atoms with E-state index in [1.54, 1.807) is 7.11 Å². The molecule has 2 aromatic rings. The van der Waals surface area contributed by atoms with Crippen molar-refractivity contribution in [3.63, 3.8) is 0 Å². The molecule has 20 heavy (non-hydrogen) atoms. The van der Waals surface area contributed by atoms with Gasteiger partial charge in [0.05, 0.1) is 7.11 Å². The van der Waals surface area contributed by atoms with Crippen LogP contribution in [-0.2, 0) is 19.4 Å². The standard InChI is InChI=1S/C14H19N3O3/c1-3-13-16-12(17-20-13)9-19-14-10(7-8-15)5-4-6-11(14)18-2/h4-6H,3,7-9,15H2,1-2H3. The summed E-state index contributed by atoms with van der Waals surface area (Å²) in [5.41, 5.74) is 6.62. The van der Waals surface area contributed by atoms with Gasteiger partial charge in [0.2, 0.25) is 11.7 Å². The molecule has 1 heterocycles. The van der Waals surface area contributed by atoms with Gasteiger partial charge in [-0.25, -0.2) is 0 Å². The maximum atomic E-state index is 5.79. The van der Waals surface area contributed by atoms with Crippen LogP contribution in [-0.4, -0.2) is 23.8 Å². The molecule has 6 nitrogen and oxygen atoms in total. The lowest BCUT2D eigenvalue weighted by Gasteiger charge is -2.13. The van der Waals surface area contributed by atoms with Crippen molar-refractivity contribution in [2.24, 2.45) is 5.73 Å². The number of aryl methyl sites for hydroxylation is 1. The van der Waals surface area contributed by atoms with Gasteiger partial charge in [-0.1, -0.05) is 24.2 Å². The van der Waals surface area contributed by atoms with Gasteiger partial charge in [-0.3, -0.25) is 0 Å². The molecule has 0 aliphatic carbocycles. The number of hydrogen-bond donors (Lipinski definition) is 1. The molecular formula is C14H19N3O3. The lowest BCUT2D eigenvalue weighted by atomic mass is 10.1. The van der Waals surface area contributed by atoms with Crippen LogP contribution in [0.4, 0.5) is 0 Å². The second kappa shape index (κ2) is 6.91. The van der Waals surface area contributed by atoms with Crippen molar-refractivity contribution < 1.29 is 14.0 Å². The molecule has 0 aliphatic rings. The molecule has 2 rings (SSSR count). The Morgan fingerprint density at radius 1 is 1.35 bits per heavy atom. The lowest BCUT2D eigenvalue weighted by molar-refractivity contribution is 0.266. The SMILES string of the molecule is CCc1nc(COc2c(CCN)cccc2OC)no1. The van der Waals surface area contributed by atoms with Gasteiger partial charge in [-0.15, -0.1) is 0 Å². The van der Waals surface area contributed by atoms with E-state index in [1.807, 2.05) is 25.1 Å². The van der Waals surface area contributed by atoms with Crippen LogP contribution in [0.3, 0.4) is 0 Å². The highest BCUT2D eigenvalue weighted by Gasteiger charge is 2.12. The normalized spacial score (nSPS) is 10.6. The quantitative estimate of drug-likeness (QED) is 0.829. The van der Waals surface area contributed by atoms with Crippen molar-refractivity contribution in [2.75, 3.05) is 13.7 Å². The average molecular weight is 277 g/mol. The number of ether oxygens (including phenoxy) is 2. The summed E-state index contributed by atoms with van der Waals surface area (Å²) in [6.45, 7) is 2.74. The van der Waals surface area contributed by atoms with E-state index in [0.29, 0.717) is 36.2 Å². The van der Waals surface area contributed by atoms with Crippen LogP contribution in [0.15, 0.2) is 22.7 Å². The van der Waals surface area contributed by atoms with Crippen molar-refractivity contribution in [3.05, 3.63) is 35.5 Å². The Morgan fingerprint density at radius 2 is 2.20 bits per heavy atom. The smallest absolute Gasteiger partial charge is 0.226 e. The van der Waals surface area contributed by atoms with E-state index < -0.39 is 0 Å². The highest BCUT2D eigenvalue weighted by Crippen LogP contribution is 2.31. The van der Waals surface area contributed by atoms with Gasteiger partial charge in [0, 0.05) is 6.42 Å². The zero-order chi connectivity index (χ0) is 14.4. The number of nitrogens with zero attached hydrogens (tertiary/aromatic N) is 2. The Morgan fingerprint density at radius 3 is 2.85 bits per heavy atom. The fourth-order valence-corrected chi connectivity index (χ4v) is 1.87. The molecular weight excluding hydrogens is 258 g/mol. The van der Waals surface area contributed by atoms with Gasteiger partial charge in [0.15, 0.2) is 18.1 Å². The van der Waals surface area contributed by atoms with E-state index in [9.17, 15) is 0 Å². The zero-order valence-corrected chi connectivity index (χ0v) is 11.8. The van der Waals surface area contributed by atoms with E-state index in [0.717, 1.165) is 12.0 Å². The Labute approximate surface area is 117 Å². The first-order chi connectivity index (χ1) is 9.78. The third-order valence-corrected chi connectivity index (χ3v) is 2.85. The van der Waals surface area contributed by atoms with Gasteiger partial charge in [0.25, 0.3) is 0 Å². The molecule has 0 spiro atoms. The van der Waals surface area contributed by atoms with E-state index in [-0.39, 0.29) is 6.61 Å². The molecule has 0 bridgehead atoms. The fourth-order valence-electron chi connectivity index (χ4n) is 1.87. The summed E-state index contributed by atoms with van der Waals surface area (Å²) in [5.74, 6) is 2.48. The van der Waals surface area contributed by atoms with Gasteiger partial charge < -0.3 is 19.7 Å². The summed E-state index contributed by atoms with van der Waals surface area (Å²) in [5, 5.41) is 3.86. The summed E-state index contributed by atoms with van der Waals surface area (Å²) in [6.07, 6.45) is 1.43. The Balaban J connectivity index is 2.14. The molecule has 6 heteroatoms. The summed E-state index contributed by atoms with van der Waals surface area (Å²) in [4.78, 5) is 4.21. The van der Waals surface area contributed by atoms with Gasteiger partial charge in [-0.2, -0.15) is 4.98 Å². The molecule has 0 amide bonds.